The van der Waals surface area contributed by atoms with Gasteiger partial charge in [0.25, 0.3) is 0 Å². The molecule has 0 amide bonds. The summed E-state index contributed by atoms with van der Waals surface area (Å²) in [5.74, 6) is 0.714. The SMILES string of the molecule is CC1(C)c2cc(-c3ccc(-c4nc(-c5ccccc5)cc(-c5cccc6c5C(C)(c5ccccc5)c5ccccc5-6)n4)c4ccccc34)ccc2-c2ccc3ccccc3c21. The Morgan fingerprint density at radius 3 is 1.74 bits per heavy atom. The van der Waals surface area contributed by atoms with Crippen LogP contribution in [-0.4, -0.2) is 9.97 Å². The topological polar surface area (TPSA) is 25.8 Å². The molecular formula is C59H42N2. The number of aromatic nitrogens is 2. The Labute approximate surface area is 356 Å². The van der Waals surface area contributed by atoms with Gasteiger partial charge in [-0.1, -0.05) is 196 Å². The summed E-state index contributed by atoms with van der Waals surface area (Å²) in [7, 11) is 0. The van der Waals surface area contributed by atoms with Crippen molar-refractivity contribution in [2.24, 2.45) is 0 Å². The minimum absolute atomic E-state index is 0.144. The summed E-state index contributed by atoms with van der Waals surface area (Å²) in [6.07, 6.45) is 0. The van der Waals surface area contributed by atoms with E-state index in [1.807, 2.05) is 0 Å². The Morgan fingerprint density at radius 1 is 0.344 bits per heavy atom. The maximum atomic E-state index is 5.55. The summed E-state index contributed by atoms with van der Waals surface area (Å²) >= 11 is 0. The third-order valence-electron chi connectivity index (χ3n) is 13.8. The standard InChI is InChI=1S/C59H42N2/c1-58(2)52-35-39(30-31-46(52)48-32-29-37-17-10-11-22-42(37)55(48)58)41-33-34-49(44-24-13-12-23-43(41)44)57-60-53(38-18-6-4-7-19-38)36-54(61-57)50-27-16-26-47-45-25-14-15-28-51(45)59(3,56(47)50)40-20-8-5-9-21-40/h4-36H,1-3H3. The van der Waals surface area contributed by atoms with Crippen LogP contribution in [0.2, 0.25) is 0 Å². The van der Waals surface area contributed by atoms with Crippen molar-refractivity contribution in [1.29, 1.82) is 0 Å². The van der Waals surface area contributed by atoms with E-state index in [4.69, 9.17) is 9.97 Å². The molecule has 0 bridgehead atoms. The highest BCUT2D eigenvalue weighted by atomic mass is 14.9. The summed E-state index contributed by atoms with van der Waals surface area (Å²) in [5.41, 5.74) is 18.7. The second-order valence-corrected chi connectivity index (χ2v) is 17.4. The molecule has 0 radical (unpaired) electrons. The van der Waals surface area contributed by atoms with Crippen molar-refractivity contribution in [2.45, 2.75) is 31.6 Å². The van der Waals surface area contributed by atoms with Crippen LogP contribution in [0.3, 0.4) is 0 Å². The van der Waals surface area contributed by atoms with Gasteiger partial charge in [-0.3, -0.25) is 0 Å². The average molecular weight is 779 g/mol. The quantitative estimate of drug-likeness (QED) is 0.174. The first kappa shape index (κ1) is 35.5. The van der Waals surface area contributed by atoms with Crippen molar-refractivity contribution in [1.82, 2.24) is 9.97 Å². The molecule has 1 heterocycles. The van der Waals surface area contributed by atoms with Crippen LogP contribution in [0.25, 0.3) is 88.8 Å². The van der Waals surface area contributed by atoms with Crippen LogP contribution in [0.5, 0.6) is 0 Å². The molecule has 9 aromatic carbocycles. The number of fused-ring (bicyclic) bond motifs is 9. The smallest absolute Gasteiger partial charge is 0.161 e. The second-order valence-electron chi connectivity index (χ2n) is 17.4. The number of hydrogen-bond acceptors (Lipinski definition) is 2. The van der Waals surface area contributed by atoms with Crippen LogP contribution < -0.4 is 0 Å². The number of hydrogen-bond donors (Lipinski definition) is 0. The van der Waals surface area contributed by atoms with Gasteiger partial charge < -0.3 is 0 Å². The molecule has 0 spiro atoms. The van der Waals surface area contributed by atoms with Crippen molar-refractivity contribution < 1.29 is 0 Å². The van der Waals surface area contributed by atoms with Crippen molar-refractivity contribution in [3.05, 3.63) is 228 Å². The van der Waals surface area contributed by atoms with Gasteiger partial charge in [0.2, 0.25) is 0 Å². The van der Waals surface area contributed by atoms with Crippen LogP contribution in [0, 0.1) is 0 Å². The molecule has 0 saturated heterocycles. The predicted molar refractivity (Wildman–Crippen MR) is 254 cm³/mol. The average Bonchev–Trinajstić information content (AvgIpc) is 3.73. The Hall–Kier alpha value is -7.42. The van der Waals surface area contributed by atoms with Gasteiger partial charge in [-0.05, 0) is 108 Å². The maximum absolute atomic E-state index is 5.55. The number of nitrogens with zero attached hydrogens (tertiary/aromatic N) is 2. The highest BCUT2D eigenvalue weighted by molar-refractivity contribution is 6.05. The highest BCUT2D eigenvalue weighted by Crippen LogP contribution is 2.56. The van der Waals surface area contributed by atoms with E-state index in [1.165, 1.54) is 77.4 Å². The first-order valence-electron chi connectivity index (χ1n) is 21.3. The highest BCUT2D eigenvalue weighted by Gasteiger charge is 2.43. The second kappa shape index (κ2) is 13.3. The lowest BCUT2D eigenvalue weighted by Crippen LogP contribution is -2.23. The third-order valence-corrected chi connectivity index (χ3v) is 13.8. The molecule has 288 valence electrons. The van der Waals surface area contributed by atoms with Gasteiger partial charge in [0, 0.05) is 27.5 Å². The molecule has 2 heteroatoms. The first-order chi connectivity index (χ1) is 29.9. The largest absolute Gasteiger partial charge is 0.228 e. The summed E-state index contributed by atoms with van der Waals surface area (Å²) in [4.78, 5) is 10.9. The normalized spacial score (nSPS) is 15.7. The Kier molecular flexibility index (Phi) is 7.74. The van der Waals surface area contributed by atoms with Crippen LogP contribution in [-0.2, 0) is 10.8 Å². The maximum Gasteiger partial charge on any atom is 0.161 e. The van der Waals surface area contributed by atoms with E-state index in [2.05, 4.69) is 221 Å². The molecule has 10 aromatic rings. The fourth-order valence-electron chi connectivity index (χ4n) is 10.9. The molecule has 1 atom stereocenters. The lowest BCUT2D eigenvalue weighted by Gasteiger charge is -2.30. The molecule has 2 aliphatic carbocycles. The van der Waals surface area contributed by atoms with Gasteiger partial charge in [0.1, 0.15) is 0 Å². The van der Waals surface area contributed by atoms with E-state index in [-0.39, 0.29) is 10.8 Å². The van der Waals surface area contributed by atoms with Crippen LogP contribution in [0.1, 0.15) is 48.6 Å². The molecule has 61 heavy (non-hydrogen) atoms. The molecule has 1 aromatic heterocycles. The van der Waals surface area contributed by atoms with E-state index >= 15 is 0 Å². The Balaban J connectivity index is 1.04. The van der Waals surface area contributed by atoms with Gasteiger partial charge in [-0.15, -0.1) is 0 Å². The molecule has 0 fully saturated rings. The zero-order valence-electron chi connectivity index (χ0n) is 34.4. The third kappa shape index (κ3) is 5.22. The van der Waals surface area contributed by atoms with E-state index < -0.39 is 0 Å². The molecule has 1 unspecified atom stereocenters. The summed E-state index contributed by atoms with van der Waals surface area (Å²) in [6, 6.07) is 73.0. The van der Waals surface area contributed by atoms with Crippen molar-refractivity contribution in [3.8, 4) is 67.3 Å². The summed E-state index contributed by atoms with van der Waals surface area (Å²) in [5, 5.41) is 4.94. The minimum Gasteiger partial charge on any atom is -0.228 e. The monoisotopic (exact) mass is 778 g/mol. The van der Waals surface area contributed by atoms with E-state index in [0.717, 1.165) is 33.5 Å². The molecule has 2 nitrogen and oxygen atoms in total. The zero-order chi connectivity index (χ0) is 40.9. The van der Waals surface area contributed by atoms with Crippen LogP contribution in [0.4, 0.5) is 0 Å². The Bertz CT molecular complexity index is 3400. The summed E-state index contributed by atoms with van der Waals surface area (Å²) in [6.45, 7) is 7.14. The fourth-order valence-corrected chi connectivity index (χ4v) is 10.9. The fraction of sp³-hybridized carbons (Fsp3) is 0.0847. The van der Waals surface area contributed by atoms with E-state index in [9.17, 15) is 0 Å². The van der Waals surface area contributed by atoms with Gasteiger partial charge in [-0.25, -0.2) is 9.97 Å². The van der Waals surface area contributed by atoms with Gasteiger partial charge in [0.05, 0.1) is 11.4 Å². The zero-order valence-corrected chi connectivity index (χ0v) is 34.4. The Morgan fingerprint density at radius 2 is 0.918 bits per heavy atom. The number of benzene rings is 9. The number of rotatable bonds is 5. The lowest BCUT2D eigenvalue weighted by atomic mass is 9.72. The van der Waals surface area contributed by atoms with Crippen molar-refractivity contribution in [2.75, 3.05) is 0 Å². The van der Waals surface area contributed by atoms with E-state index in [0.29, 0.717) is 5.82 Å². The van der Waals surface area contributed by atoms with Gasteiger partial charge in [-0.2, -0.15) is 0 Å². The van der Waals surface area contributed by atoms with Crippen LogP contribution >= 0.6 is 0 Å². The minimum atomic E-state index is -0.380. The van der Waals surface area contributed by atoms with Crippen molar-refractivity contribution in [3.63, 3.8) is 0 Å². The van der Waals surface area contributed by atoms with Crippen LogP contribution in [0.15, 0.2) is 200 Å². The molecule has 0 saturated carbocycles. The molecule has 0 N–H and O–H groups in total. The summed E-state index contributed by atoms with van der Waals surface area (Å²) < 4.78 is 0. The first-order valence-corrected chi connectivity index (χ1v) is 21.3. The molecule has 12 rings (SSSR count). The van der Waals surface area contributed by atoms with Gasteiger partial charge in [0.15, 0.2) is 5.82 Å². The van der Waals surface area contributed by atoms with Crippen molar-refractivity contribution >= 4 is 21.5 Å². The lowest BCUT2D eigenvalue weighted by molar-refractivity contribution is 0.666. The molecule has 2 aliphatic rings. The molecular weight excluding hydrogens is 737 g/mol. The van der Waals surface area contributed by atoms with E-state index in [1.54, 1.807) is 0 Å². The molecule has 0 aliphatic heterocycles. The predicted octanol–water partition coefficient (Wildman–Crippen LogP) is 15.1. The van der Waals surface area contributed by atoms with Gasteiger partial charge >= 0.3 is 0 Å².